The first kappa shape index (κ1) is 21.4. The Bertz CT molecular complexity index is 703. The van der Waals surface area contributed by atoms with Crippen molar-refractivity contribution in [2.75, 3.05) is 26.2 Å². The van der Waals surface area contributed by atoms with Gasteiger partial charge in [0.05, 0.1) is 0 Å². The van der Waals surface area contributed by atoms with Gasteiger partial charge >= 0.3 is 0 Å². The molecule has 2 nitrogen and oxygen atoms in total. The zero-order valence-corrected chi connectivity index (χ0v) is 18.0. The maximum atomic E-state index is 2.78. The lowest BCUT2D eigenvalue weighted by Gasteiger charge is -2.43. The minimum absolute atomic E-state index is 0. The lowest BCUT2D eigenvalue weighted by Crippen LogP contribution is -2.51. The van der Waals surface area contributed by atoms with Gasteiger partial charge in [0.1, 0.15) is 0 Å². The molecule has 1 aliphatic heterocycles. The van der Waals surface area contributed by atoms with Crippen molar-refractivity contribution in [3.05, 3.63) is 71.3 Å². The molecule has 1 atom stereocenters. The summed E-state index contributed by atoms with van der Waals surface area (Å²) in [4.78, 5) is 5.52. The number of nitrogens with zero attached hydrogens (tertiary/aromatic N) is 2. The minimum Gasteiger partial charge on any atom is -0.298 e. The third-order valence-corrected chi connectivity index (χ3v) is 6.58. The first-order valence-electron chi connectivity index (χ1n) is 10.9. The smallest absolute Gasteiger partial charge is 0.0389 e. The molecule has 0 bridgehead atoms. The molecule has 2 aliphatic rings. The van der Waals surface area contributed by atoms with E-state index in [1.807, 2.05) is 0 Å². The number of hydrogen-bond donors (Lipinski definition) is 0. The number of piperazine rings is 1. The largest absolute Gasteiger partial charge is 0.298 e. The van der Waals surface area contributed by atoms with E-state index in [1.165, 1.54) is 75.0 Å². The molecule has 28 heavy (non-hydrogen) atoms. The molecule has 1 saturated carbocycles. The van der Waals surface area contributed by atoms with Gasteiger partial charge in [-0.25, -0.2) is 0 Å². The average Bonchev–Trinajstić information content (AvgIpc) is 2.74. The predicted molar refractivity (Wildman–Crippen MR) is 121 cm³/mol. The molecule has 4 rings (SSSR count). The summed E-state index contributed by atoms with van der Waals surface area (Å²) in [7, 11) is 0. The maximum Gasteiger partial charge on any atom is 0.0389 e. The van der Waals surface area contributed by atoms with Crippen molar-refractivity contribution in [1.82, 2.24) is 9.80 Å². The predicted octanol–water partition coefficient (Wildman–Crippen LogP) is 5.65. The van der Waals surface area contributed by atoms with Gasteiger partial charge < -0.3 is 0 Å². The molecule has 0 aromatic heterocycles. The fraction of sp³-hybridized carbons (Fsp3) is 0.520. The van der Waals surface area contributed by atoms with E-state index in [9.17, 15) is 0 Å². The molecule has 0 spiro atoms. The molecular formula is C25H35ClN2. The van der Waals surface area contributed by atoms with Crippen LogP contribution in [-0.4, -0.2) is 42.0 Å². The maximum absolute atomic E-state index is 2.78. The second-order valence-electron chi connectivity index (χ2n) is 8.48. The molecule has 2 fully saturated rings. The number of benzene rings is 2. The monoisotopic (exact) mass is 398 g/mol. The fourth-order valence-corrected chi connectivity index (χ4v) is 5.06. The SMILES string of the molecule is Cc1cccc(CC(c2ccccc2)N2CCN(C3CCCCC3)CC2)c1.Cl. The fourth-order valence-electron chi connectivity index (χ4n) is 5.06. The van der Waals surface area contributed by atoms with Crippen LogP contribution in [-0.2, 0) is 6.42 Å². The summed E-state index contributed by atoms with van der Waals surface area (Å²) in [6, 6.07) is 21.5. The quantitative estimate of drug-likeness (QED) is 0.641. The van der Waals surface area contributed by atoms with Gasteiger partial charge in [-0.3, -0.25) is 9.80 Å². The Morgan fingerprint density at radius 3 is 2.25 bits per heavy atom. The van der Waals surface area contributed by atoms with Crippen molar-refractivity contribution in [1.29, 1.82) is 0 Å². The third kappa shape index (κ3) is 5.37. The first-order chi connectivity index (χ1) is 13.3. The number of halogens is 1. The molecular weight excluding hydrogens is 364 g/mol. The van der Waals surface area contributed by atoms with Crippen LogP contribution in [0.25, 0.3) is 0 Å². The second kappa shape index (κ2) is 10.4. The summed E-state index contributed by atoms with van der Waals surface area (Å²) in [6.45, 7) is 7.07. The van der Waals surface area contributed by atoms with E-state index >= 15 is 0 Å². The summed E-state index contributed by atoms with van der Waals surface area (Å²) in [6.07, 6.45) is 8.27. The van der Waals surface area contributed by atoms with Crippen molar-refractivity contribution in [2.45, 2.75) is 57.5 Å². The van der Waals surface area contributed by atoms with Crippen molar-refractivity contribution in [3.8, 4) is 0 Å². The van der Waals surface area contributed by atoms with Gasteiger partial charge in [-0.05, 0) is 37.3 Å². The Kier molecular flexibility index (Phi) is 7.96. The van der Waals surface area contributed by atoms with E-state index in [2.05, 4.69) is 71.3 Å². The van der Waals surface area contributed by atoms with Crippen LogP contribution in [0.15, 0.2) is 54.6 Å². The molecule has 1 heterocycles. The van der Waals surface area contributed by atoms with Crippen LogP contribution in [0, 0.1) is 6.92 Å². The van der Waals surface area contributed by atoms with Gasteiger partial charge in [-0.1, -0.05) is 79.4 Å². The second-order valence-corrected chi connectivity index (χ2v) is 8.48. The summed E-state index contributed by atoms with van der Waals surface area (Å²) in [5, 5.41) is 0. The van der Waals surface area contributed by atoms with Crippen molar-refractivity contribution in [2.24, 2.45) is 0 Å². The minimum atomic E-state index is 0. The van der Waals surface area contributed by atoms with Gasteiger partial charge in [0.15, 0.2) is 0 Å². The molecule has 3 heteroatoms. The molecule has 1 aliphatic carbocycles. The van der Waals surface area contributed by atoms with Crippen LogP contribution >= 0.6 is 12.4 Å². The van der Waals surface area contributed by atoms with Gasteiger partial charge in [0, 0.05) is 38.3 Å². The van der Waals surface area contributed by atoms with Crippen LogP contribution in [0.5, 0.6) is 0 Å². The van der Waals surface area contributed by atoms with Gasteiger partial charge in [0.25, 0.3) is 0 Å². The Labute approximate surface area is 177 Å². The van der Waals surface area contributed by atoms with E-state index in [1.54, 1.807) is 0 Å². The Morgan fingerprint density at radius 1 is 0.857 bits per heavy atom. The summed E-state index contributed by atoms with van der Waals surface area (Å²) < 4.78 is 0. The Hall–Kier alpha value is -1.35. The summed E-state index contributed by atoms with van der Waals surface area (Å²) >= 11 is 0. The normalized spacial score (nSPS) is 20.5. The molecule has 0 amide bonds. The highest BCUT2D eigenvalue weighted by Crippen LogP contribution is 2.29. The van der Waals surface area contributed by atoms with Crippen LogP contribution in [0.3, 0.4) is 0 Å². The number of rotatable bonds is 5. The van der Waals surface area contributed by atoms with Gasteiger partial charge in [-0.15, -0.1) is 12.4 Å². The van der Waals surface area contributed by atoms with Crippen LogP contribution < -0.4 is 0 Å². The topological polar surface area (TPSA) is 6.48 Å². The zero-order valence-electron chi connectivity index (χ0n) is 17.2. The number of aryl methyl sites for hydroxylation is 1. The highest BCUT2D eigenvalue weighted by molar-refractivity contribution is 5.85. The summed E-state index contributed by atoms with van der Waals surface area (Å²) in [5.41, 5.74) is 4.28. The lowest BCUT2D eigenvalue weighted by molar-refractivity contribution is 0.0559. The molecule has 2 aromatic carbocycles. The average molecular weight is 399 g/mol. The molecule has 0 radical (unpaired) electrons. The highest BCUT2D eigenvalue weighted by atomic mass is 35.5. The van der Waals surface area contributed by atoms with Crippen LogP contribution in [0.1, 0.15) is 54.8 Å². The molecule has 0 N–H and O–H groups in total. The third-order valence-electron chi connectivity index (χ3n) is 6.58. The summed E-state index contributed by atoms with van der Waals surface area (Å²) in [5.74, 6) is 0. The van der Waals surface area contributed by atoms with E-state index < -0.39 is 0 Å². The van der Waals surface area contributed by atoms with E-state index in [0.717, 1.165) is 12.5 Å². The molecule has 2 aromatic rings. The lowest BCUT2D eigenvalue weighted by atomic mass is 9.93. The molecule has 1 saturated heterocycles. The number of hydrogen-bond acceptors (Lipinski definition) is 2. The first-order valence-corrected chi connectivity index (χ1v) is 10.9. The highest BCUT2D eigenvalue weighted by Gasteiger charge is 2.29. The van der Waals surface area contributed by atoms with Crippen LogP contribution in [0.2, 0.25) is 0 Å². The zero-order chi connectivity index (χ0) is 18.5. The standard InChI is InChI=1S/C25H34N2.ClH/c1-21-9-8-10-22(19-21)20-25(23-11-4-2-5-12-23)27-17-15-26(16-18-27)24-13-6-3-7-14-24;/h2,4-5,8-12,19,24-25H,3,6-7,13-18,20H2,1H3;1H. The van der Waals surface area contributed by atoms with Crippen molar-refractivity contribution in [3.63, 3.8) is 0 Å². The van der Waals surface area contributed by atoms with Crippen molar-refractivity contribution < 1.29 is 0 Å². The van der Waals surface area contributed by atoms with Crippen molar-refractivity contribution >= 4 is 12.4 Å². The molecule has 152 valence electrons. The Balaban J connectivity index is 0.00000225. The molecule has 1 unspecified atom stereocenters. The van der Waals surface area contributed by atoms with Crippen LogP contribution in [0.4, 0.5) is 0 Å². The van der Waals surface area contributed by atoms with Gasteiger partial charge in [-0.2, -0.15) is 0 Å². The van der Waals surface area contributed by atoms with E-state index in [4.69, 9.17) is 0 Å². The van der Waals surface area contributed by atoms with Gasteiger partial charge in [0.2, 0.25) is 0 Å². The van der Waals surface area contributed by atoms with E-state index in [0.29, 0.717) is 6.04 Å². The van der Waals surface area contributed by atoms with E-state index in [-0.39, 0.29) is 12.4 Å². The Morgan fingerprint density at radius 2 is 1.57 bits per heavy atom.